The molecule has 2 aliphatic heterocycles. The highest BCUT2D eigenvalue weighted by atomic mass is 16.5. The number of ether oxygens (including phenoxy) is 1. The minimum atomic E-state index is 0.160. The maximum absolute atomic E-state index is 9.76. The maximum Gasteiger partial charge on any atom is 0.122 e. The van der Waals surface area contributed by atoms with Gasteiger partial charge < -0.3 is 9.84 Å². The van der Waals surface area contributed by atoms with Crippen LogP contribution in [0.1, 0.15) is 42.9 Å². The molecule has 1 aromatic rings. The van der Waals surface area contributed by atoms with Crippen LogP contribution in [0.15, 0.2) is 18.2 Å². The van der Waals surface area contributed by atoms with Gasteiger partial charge >= 0.3 is 0 Å². The summed E-state index contributed by atoms with van der Waals surface area (Å²) in [7, 11) is 0. The Bertz CT molecular complexity index is 427. The van der Waals surface area contributed by atoms with Gasteiger partial charge in [-0.2, -0.15) is 0 Å². The molecule has 0 amide bonds. The van der Waals surface area contributed by atoms with Crippen LogP contribution in [0.5, 0.6) is 5.75 Å². The molecule has 0 saturated carbocycles. The predicted molar refractivity (Wildman–Crippen MR) is 75.5 cm³/mol. The molecule has 19 heavy (non-hydrogen) atoms. The molecule has 3 nitrogen and oxygen atoms in total. The Morgan fingerprint density at radius 2 is 2.00 bits per heavy atom. The number of hydrogen-bond acceptors (Lipinski definition) is 3. The van der Waals surface area contributed by atoms with Gasteiger partial charge in [0.1, 0.15) is 5.75 Å². The van der Waals surface area contributed by atoms with E-state index in [2.05, 4.69) is 23.1 Å². The van der Waals surface area contributed by atoms with Crippen molar-refractivity contribution in [2.45, 2.75) is 38.1 Å². The van der Waals surface area contributed by atoms with Crippen LogP contribution in [-0.2, 0) is 6.42 Å². The highest BCUT2D eigenvalue weighted by Crippen LogP contribution is 2.30. The number of rotatable bonds is 3. The van der Waals surface area contributed by atoms with Gasteiger partial charge in [-0.25, -0.2) is 0 Å². The first-order valence-electron chi connectivity index (χ1n) is 7.49. The van der Waals surface area contributed by atoms with Crippen molar-refractivity contribution in [3.63, 3.8) is 0 Å². The lowest BCUT2D eigenvalue weighted by molar-refractivity contribution is 0.104. The van der Waals surface area contributed by atoms with Crippen molar-refractivity contribution in [3.8, 4) is 5.75 Å². The average molecular weight is 261 g/mol. The summed E-state index contributed by atoms with van der Waals surface area (Å²) in [6.07, 6.45) is 6.03. The third-order valence-corrected chi connectivity index (χ3v) is 4.32. The van der Waals surface area contributed by atoms with E-state index in [0.717, 1.165) is 38.3 Å². The molecule has 3 rings (SSSR count). The van der Waals surface area contributed by atoms with Crippen molar-refractivity contribution >= 4 is 0 Å². The van der Waals surface area contributed by atoms with Crippen LogP contribution in [0.25, 0.3) is 0 Å². The topological polar surface area (TPSA) is 32.7 Å². The molecule has 1 atom stereocenters. The van der Waals surface area contributed by atoms with Gasteiger partial charge in [0.05, 0.1) is 19.3 Å². The Labute approximate surface area is 115 Å². The van der Waals surface area contributed by atoms with Gasteiger partial charge in [0.25, 0.3) is 0 Å². The van der Waals surface area contributed by atoms with Crippen molar-refractivity contribution in [1.29, 1.82) is 0 Å². The van der Waals surface area contributed by atoms with Gasteiger partial charge in [-0.1, -0.05) is 18.6 Å². The number of benzene rings is 1. The molecule has 3 heteroatoms. The Kier molecular flexibility index (Phi) is 4.04. The monoisotopic (exact) mass is 261 g/mol. The highest BCUT2D eigenvalue weighted by molar-refractivity contribution is 5.39. The van der Waals surface area contributed by atoms with Gasteiger partial charge in [0.2, 0.25) is 0 Å². The largest absolute Gasteiger partial charge is 0.493 e. The van der Waals surface area contributed by atoms with Crippen LogP contribution in [0.2, 0.25) is 0 Å². The van der Waals surface area contributed by atoms with Gasteiger partial charge in [-0.15, -0.1) is 0 Å². The zero-order valence-electron chi connectivity index (χ0n) is 11.5. The highest BCUT2D eigenvalue weighted by Gasteiger charge is 2.22. The van der Waals surface area contributed by atoms with Crippen molar-refractivity contribution < 1.29 is 9.84 Å². The summed E-state index contributed by atoms with van der Waals surface area (Å²) >= 11 is 0. The van der Waals surface area contributed by atoms with Crippen LogP contribution < -0.4 is 4.74 Å². The fraction of sp³-hybridized carbons (Fsp3) is 0.625. The fourth-order valence-corrected chi connectivity index (χ4v) is 3.25. The lowest BCUT2D eigenvalue weighted by atomic mass is 9.97. The van der Waals surface area contributed by atoms with Gasteiger partial charge in [0, 0.05) is 0 Å². The van der Waals surface area contributed by atoms with E-state index in [1.165, 1.54) is 30.4 Å². The molecular formula is C16H23NO2. The molecule has 0 spiro atoms. The molecule has 2 aliphatic rings. The first-order valence-corrected chi connectivity index (χ1v) is 7.49. The van der Waals surface area contributed by atoms with Crippen molar-refractivity contribution in [2.75, 3.05) is 26.3 Å². The summed E-state index contributed by atoms with van der Waals surface area (Å²) in [5.74, 6) is 1.03. The quantitative estimate of drug-likeness (QED) is 0.907. The van der Waals surface area contributed by atoms with E-state index in [9.17, 15) is 5.11 Å². The molecule has 2 heterocycles. The third-order valence-electron chi connectivity index (χ3n) is 4.32. The standard InChI is InChI=1S/C16H23NO2/c18-12-15(17-8-2-1-3-9-17)13-6-7-16-14(11-13)5-4-10-19-16/h6-7,11,15,18H,1-5,8-10,12H2. The van der Waals surface area contributed by atoms with Crippen LogP contribution in [-0.4, -0.2) is 36.3 Å². The van der Waals surface area contributed by atoms with E-state index in [0.29, 0.717) is 0 Å². The average Bonchev–Trinajstić information content (AvgIpc) is 2.49. The molecule has 1 saturated heterocycles. The second-order valence-corrected chi connectivity index (χ2v) is 5.61. The number of likely N-dealkylation sites (tertiary alicyclic amines) is 1. The van der Waals surface area contributed by atoms with Crippen molar-refractivity contribution in [1.82, 2.24) is 4.90 Å². The predicted octanol–water partition coefficient (Wildman–Crippen LogP) is 2.53. The summed E-state index contributed by atoms with van der Waals surface area (Å²) in [4.78, 5) is 2.43. The zero-order valence-corrected chi connectivity index (χ0v) is 11.5. The Morgan fingerprint density at radius 3 is 2.79 bits per heavy atom. The van der Waals surface area contributed by atoms with Gasteiger partial charge in [-0.05, 0) is 56.0 Å². The lowest BCUT2D eigenvalue weighted by Crippen LogP contribution is -2.35. The number of hydrogen-bond donors (Lipinski definition) is 1. The first kappa shape index (κ1) is 12.9. The molecule has 0 aromatic heterocycles. The number of fused-ring (bicyclic) bond motifs is 1. The Hall–Kier alpha value is -1.06. The van der Waals surface area contributed by atoms with E-state index in [4.69, 9.17) is 4.74 Å². The molecular weight excluding hydrogens is 238 g/mol. The second-order valence-electron chi connectivity index (χ2n) is 5.61. The lowest BCUT2D eigenvalue weighted by Gasteiger charge is -2.34. The van der Waals surface area contributed by atoms with E-state index in [-0.39, 0.29) is 12.6 Å². The Morgan fingerprint density at radius 1 is 1.16 bits per heavy atom. The number of aliphatic hydroxyl groups excluding tert-OH is 1. The van der Waals surface area contributed by atoms with Gasteiger partial charge in [0.15, 0.2) is 0 Å². The molecule has 104 valence electrons. The minimum absolute atomic E-state index is 0.160. The number of aliphatic hydroxyl groups is 1. The van der Waals surface area contributed by atoms with Crippen molar-refractivity contribution in [2.24, 2.45) is 0 Å². The van der Waals surface area contributed by atoms with E-state index >= 15 is 0 Å². The van der Waals surface area contributed by atoms with Crippen LogP contribution >= 0.6 is 0 Å². The number of nitrogens with zero attached hydrogens (tertiary/aromatic N) is 1. The molecule has 0 aliphatic carbocycles. The summed E-state index contributed by atoms with van der Waals surface area (Å²) < 4.78 is 5.66. The molecule has 0 radical (unpaired) electrons. The first-order chi connectivity index (χ1) is 9.38. The minimum Gasteiger partial charge on any atom is -0.493 e. The fourth-order valence-electron chi connectivity index (χ4n) is 3.25. The van der Waals surface area contributed by atoms with E-state index < -0.39 is 0 Å². The zero-order chi connectivity index (χ0) is 13.1. The maximum atomic E-state index is 9.76. The normalized spacial score (nSPS) is 21.5. The van der Waals surface area contributed by atoms with E-state index in [1.807, 2.05) is 0 Å². The molecule has 1 fully saturated rings. The number of piperidine rings is 1. The summed E-state index contributed by atoms with van der Waals surface area (Å²) in [6.45, 7) is 3.26. The third kappa shape index (κ3) is 2.77. The second kappa shape index (κ2) is 5.93. The SMILES string of the molecule is OCC(c1ccc2c(c1)CCCO2)N1CCCCC1. The van der Waals surface area contributed by atoms with Crippen LogP contribution in [0, 0.1) is 0 Å². The molecule has 1 N–H and O–H groups in total. The number of aryl methyl sites for hydroxylation is 1. The molecule has 1 unspecified atom stereocenters. The van der Waals surface area contributed by atoms with Crippen molar-refractivity contribution in [3.05, 3.63) is 29.3 Å². The Balaban J connectivity index is 1.82. The molecule has 0 bridgehead atoms. The summed E-state index contributed by atoms with van der Waals surface area (Å²) in [6, 6.07) is 6.60. The van der Waals surface area contributed by atoms with Crippen LogP contribution in [0.4, 0.5) is 0 Å². The van der Waals surface area contributed by atoms with Crippen LogP contribution in [0.3, 0.4) is 0 Å². The molecule has 1 aromatic carbocycles. The smallest absolute Gasteiger partial charge is 0.122 e. The van der Waals surface area contributed by atoms with Gasteiger partial charge in [-0.3, -0.25) is 4.90 Å². The van der Waals surface area contributed by atoms with E-state index in [1.54, 1.807) is 0 Å². The summed E-state index contributed by atoms with van der Waals surface area (Å²) in [5, 5.41) is 9.76. The summed E-state index contributed by atoms with van der Waals surface area (Å²) in [5.41, 5.74) is 2.55.